The van der Waals surface area contributed by atoms with E-state index in [2.05, 4.69) is 38.8 Å². The number of nitrogens with zero attached hydrogens (tertiary/aromatic N) is 2. The third kappa shape index (κ3) is 2.99. The average Bonchev–Trinajstić information content (AvgIpc) is 2.74. The van der Waals surface area contributed by atoms with Crippen LogP contribution in [0.25, 0.3) is 0 Å². The summed E-state index contributed by atoms with van der Waals surface area (Å²) in [5.41, 5.74) is 6.79. The summed E-state index contributed by atoms with van der Waals surface area (Å²) < 4.78 is 1.11. The molecule has 1 unspecified atom stereocenters. The number of hydrogen-bond acceptors (Lipinski definition) is 3. The Morgan fingerprint density at radius 1 is 1.59 bits per heavy atom. The van der Waals surface area contributed by atoms with Gasteiger partial charge in [0.15, 0.2) is 0 Å². The summed E-state index contributed by atoms with van der Waals surface area (Å²) >= 11 is 3.62. The van der Waals surface area contributed by atoms with Gasteiger partial charge in [0.2, 0.25) is 0 Å². The fourth-order valence-corrected chi connectivity index (χ4v) is 3.20. The third-order valence-electron chi connectivity index (χ3n) is 3.35. The van der Waals surface area contributed by atoms with Crippen molar-refractivity contribution in [3.05, 3.63) is 22.3 Å². The lowest BCUT2D eigenvalue weighted by molar-refractivity contribution is 0.581. The second-order valence-corrected chi connectivity index (χ2v) is 5.59. The van der Waals surface area contributed by atoms with Crippen molar-refractivity contribution in [1.82, 2.24) is 4.98 Å². The minimum absolute atomic E-state index is 0.616. The van der Waals surface area contributed by atoms with Crippen molar-refractivity contribution in [1.29, 1.82) is 0 Å². The second-order valence-electron chi connectivity index (χ2n) is 4.74. The molecule has 0 saturated carbocycles. The minimum Gasteiger partial charge on any atom is -0.353 e. The standard InChI is InChI=1S/C13H20BrN3/c1-10-8-12(14)13(16-9-10)17-7-3-5-11(17)4-2-6-15/h8-9,11H,2-7,15H2,1H3. The molecule has 1 aliphatic heterocycles. The van der Waals surface area contributed by atoms with Crippen LogP contribution in [0.3, 0.4) is 0 Å². The maximum absolute atomic E-state index is 5.60. The largest absolute Gasteiger partial charge is 0.353 e. The maximum Gasteiger partial charge on any atom is 0.143 e. The fraction of sp³-hybridized carbons (Fsp3) is 0.615. The highest BCUT2D eigenvalue weighted by molar-refractivity contribution is 9.10. The van der Waals surface area contributed by atoms with Gasteiger partial charge >= 0.3 is 0 Å². The van der Waals surface area contributed by atoms with Crippen LogP contribution < -0.4 is 10.6 Å². The van der Waals surface area contributed by atoms with Crippen molar-refractivity contribution >= 4 is 21.7 Å². The van der Waals surface area contributed by atoms with E-state index in [0.29, 0.717) is 6.04 Å². The first kappa shape index (κ1) is 12.8. The van der Waals surface area contributed by atoms with E-state index in [-0.39, 0.29) is 0 Å². The molecule has 1 fully saturated rings. The van der Waals surface area contributed by atoms with Crippen molar-refractivity contribution < 1.29 is 0 Å². The normalized spacial score (nSPS) is 19.9. The van der Waals surface area contributed by atoms with E-state index in [1.54, 1.807) is 0 Å². The molecule has 94 valence electrons. The van der Waals surface area contributed by atoms with Crippen molar-refractivity contribution in [2.45, 2.75) is 38.6 Å². The lowest BCUT2D eigenvalue weighted by Gasteiger charge is -2.26. The Morgan fingerprint density at radius 2 is 2.41 bits per heavy atom. The summed E-state index contributed by atoms with van der Waals surface area (Å²) in [5, 5.41) is 0. The summed E-state index contributed by atoms with van der Waals surface area (Å²) in [6, 6.07) is 2.76. The molecule has 0 aromatic carbocycles. The zero-order valence-corrected chi connectivity index (χ0v) is 11.9. The van der Waals surface area contributed by atoms with Crippen LogP contribution >= 0.6 is 15.9 Å². The van der Waals surface area contributed by atoms with Gasteiger partial charge in [0.05, 0.1) is 4.47 Å². The summed E-state index contributed by atoms with van der Waals surface area (Å²) in [7, 11) is 0. The zero-order chi connectivity index (χ0) is 12.3. The number of nitrogens with two attached hydrogens (primary N) is 1. The Kier molecular flexibility index (Phi) is 4.40. The molecule has 17 heavy (non-hydrogen) atoms. The Morgan fingerprint density at radius 3 is 3.12 bits per heavy atom. The average molecular weight is 298 g/mol. The van der Waals surface area contributed by atoms with E-state index in [4.69, 9.17) is 5.73 Å². The van der Waals surface area contributed by atoms with Crippen LogP contribution in [0.1, 0.15) is 31.2 Å². The molecule has 0 amide bonds. The van der Waals surface area contributed by atoms with Gasteiger partial charge in [0.1, 0.15) is 5.82 Å². The van der Waals surface area contributed by atoms with Crippen LogP contribution in [-0.2, 0) is 0 Å². The van der Waals surface area contributed by atoms with Crippen LogP contribution in [0.2, 0.25) is 0 Å². The quantitative estimate of drug-likeness (QED) is 0.929. The lowest BCUT2D eigenvalue weighted by atomic mass is 10.1. The Labute approximate surface area is 112 Å². The van der Waals surface area contributed by atoms with Gasteiger partial charge in [-0.05, 0) is 66.7 Å². The van der Waals surface area contributed by atoms with Gasteiger partial charge in [0, 0.05) is 18.8 Å². The number of aromatic nitrogens is 1. The van der Waals surface area contributed by atoms with Crippen LogP contribution in [0.15, 0.2) is 16.7 Å². The molecule has 0 aliphatic carbocycles. The Bertz CT molecular complexity index is 381. The van der Waals surface area contributed by atoms with Gasteiger partial charge in [0.25, 0.3) is 0 Å². The van der Waals surface area contributed by atoms with Gasteiger partial charge in [-0.15, -0.1) is 0 Å². The molecule has 1 saturated heterocycles. The summed E-state index contributed by atoms with van der Waals surface area (Å²) in [6.07, 6.45) is 6.75. The van der Waals surface area contributed by atoms with Crippen LogP contribution in [0.5, 0.6) is 0 Å². The predicted molar refractivity (Wildman–Crippen MR) is 75.3 cm³/mol. The van der Waals surface area contributed by atoms with Crippen molar-refractivity contribution in [2.24, 2.45) is 5.73 Å². The third-order valence-corrected chi connectivity index (χ3v) is 3.93. The maximum atomic E-state index is 5.60. The zero-order valence-electron chi connectivity index (χ0n) is 10.3. The summed E-state index contributed by atoms with van der Waals surface area (Å²) in [4.78, 5) is 7.00. The fourth-order valence-electron chi connectivity index (χ4n) is 2.51. The second kappa shape index (κ2) is 5.83. The molecule has 2 N–H and O–H groups in total. The molecule has 1 aromatic rings. The van der Waals surface area contributed by atoms with Gasteiger partial charge in [-0.2, -0.15) is 0 Å². The minimum atomic E-state index is 0.616. The molecule has 0 spiro atoms. The number of halogens is 1. The van der Waals surface area contributed by atoms with E-state index in [1.807, 2.05) is 6.20 Å². The first-order chi connectivity index (χ1) is 8.22. The number of hydrogen-bond donors (Lipinski definition) is 1. The molecular weight excluding hydrogens is 278 g/mol. The molecule has 2 rings (SSSR count). The van der Waals surface area contributed by atoms with E-state index in [1.165, 1.54) is 24.8 Å². The molecule has 2 heterocycles. The smallest absolute Gasteiger partial charge is 0.143 e. The number of rotatable bonds is 4. The molecule has 4 heteroatoms. The lowest BCUT2D eigenvalue weighted by Crippen LogP contribution is -2.30. The van der Waals surface area contributed by atoms with Gasteiger partial charge in [-0.3, -0.25) is 0 Å². The van der Waals surface area contributed by atoms with E-state index >= 15 is 0 Å². The van der Waals surface area contributed by atoms with Crippen molar-refractivity contribution in [3.63, 3.8) is 0 Å². The van der Waals surface area contributed by atoms with Crippen LogP contribution in [0.4, 0.5) is 5.82 Å². The Hall–Kier alpha value is -0.610. The van der Waals surface area contributed by atoms with Gasteiger partial charge < -0.3 is 10.6 Å². The van der Waals surface area contributed by atoms with E-state index < -0.39 is 0 Å². The predicted octanol–water partition coefficient (Wildman–Crippen LogP) is 2.86. The molecular formula is C13H20BrN3. The van der Waals surface area contributed by atoms with Crippen molar-refractivity contribution in [3.8, 4) is 0 Å². The highest BCUT2D eigenvalue weighted by atomic mass is 79.9. The summed E-state index contributed by atoms with van der Waals surface area (Å²) in [5.74, 6) is 1.09. The number of anilines is 1. The first-order valence-electron chi connectivity index (χ1n) is 6.31. The SMILES string of the molecule is Cc1cnc(N2CCCC2CCCN)c(Br)c1. The first-order valence-corrected chi connectivity index (χ1v) is 7.10. The summed E-state index contributed by atoms with van der Waals surface area (Å²) in [6.45, 7) is 3.97. The molecule has 1 atom stereocenters. The van der Waals surface area contributed by atoms with Gasteiger partial charge in [-0.1, -0.05) is 0 Å². The van der Waals surface area contributed by atoms with Crippen LogP contribution in [-0.4, -0.2) is 24.1 Å². The molecule has 1 aliphatic rings. The molecule has 0 radical (unpaired) electrons. The van der Waals surface area contributed by atoms with Gasteiger partial charge in [-0.25, -0.2) is 4.98 Å². The highest BCUT2D eigenvalue weighted by Crippen LogP contribution is 2.32. The number of aryl methyl sites for hydroxylation is 1. The van der Waals surface area contributed by atoms with Crippen LogP contribution in [0, 0.1) is 6.92 Å². The Balaban J connectivity index is 2.14. The highest BCUT2D eigenvalue weighted by Gasteiger charge is 2.26. The topological polar surface area (TPSA) is 42.2 Å². The van der Waals surface area contributed by atoms with E-state index in [0.717, 1.165) is 29.8 Å². The van der Waals surface area contributed by atoms with Crippen molar-refractivity contribution in [2.75, 3.05) is 18.0 Å². The molecule has 0 bridgehead atoms. The molecule has 3 nitrogen and oxygen atoms in total. The van der Waals surface area contributed by atoms with E-state index in [9.17, 15) is 0 Å². The molecule has 1 aromatic heterocycles. The monoisotopic (exact) mass is 297 g/mol. The number of pyridine rings is 1.